The van der Waals surface area contributed by atoms with E-state index in [2.05, 4.69) is 32.5 Å². The average molecular weight is 258 g/mol. The maximum Gasteiger partial charge on any atom is 0.151 e. The highest BCUT2D eigenvalue weighted by Crippen LogP contribution is 2.25. The number of H-pyrrole nitrogens is 1. The lowest BCUT2D eigenvalue weighted by Crippen LogP contribution is -2.43. The lowest BCUT2D eigenvalue weighted by molar-refractivity contribution is 0.415. The third-order valence-electron chi connectivity index (χ3n) is 3.39. The van der Waals surface area contributed by atoms with Crippen molar-refractivity contribution >= 4 is 5.82 Å². The van der Waals surface area contributed by atoms with E-state index in [1.165, 1.54) is 0 Å². The van der Waals surface area contributed by atoms with Crippen LogP contribution in [-0.2, 0) is 0 Å². The number of rotatable bonds is 3. The summed E-state index contributed by atoms with van der Waals surface area (Å²) in [5, 5.41) is 10.8. The van der Waals surface area contributed by atoms with Crippen LogP contribution in [0.1, 0.15) is 0 Å². The topological polar surface area (TPSA) is 53.2 Å². The Balaban J connectivity index is 1.83. The Morgan fingerprint density at radius 3 is 2.84 bits per heavy atom. The maximum absolute atomic E-state index is 5.25. The monoisotopic (exact) mass is 258 g/mol. The van der Waals surface area contributed by atoms with Crippen LogP contribution in [0.2, 0.25) is 0 Å². The zero-order chi connectivity index (χ0) is 13.1. The number of hydrogen-bond acceptors (Lipinski definition) is 4. The van der Waals surface area contributed by atoms with E-state index in [1.807, 2.05) is 18.2 Å². The Morgan fingerprint density at radius 2 is 2.05 bits per heavy atom. The van der Waals surface area contributed by atoms with Gasteiger partial charge in [-0.05, 0) is 12.1 Å². The Labute approximate surface area is 112 Å². The number of aromatic nitrogens is 2. The molecule has 3 rings (SSSR count). The summed E-state index contributed by atoms with van der Waals surface area (Å²) in [6.07, 6.45) is 0. The number of benzene rings is 1. The molecular formula is C14H18N4O. The van der Waals surface area contributed by atoms with Gasteiger partial charge in [0, 0.05) is 37.8 Å². The molecule has 1 aliphatic heterocycles. The second-order valence-electron chi connectivity index (χ2n) is 4.61. The zero-order valence-electron chi connectivity index (χ0n) is 11.0. The average Bonchev–Trinajstić information content (AvgIpc) is 2.98. The zero-order valence-corrected chi connectivity index (χ0v) is 11.0. The standard InChI is InChI=1S/C14H18N4O/c1-19-12-4-2-3-11(9-12)13-10-14(17-16-13)18-7-5-15-6-8-18/h2-4,9-10,15H,5-8H2,1H3,(H,16,17). The third-order valence-corrected chi connectivity index (χ3v) is 3.39. The first-order valence-electron chi connectivity index (χ1n) is 6.52. The summed E-state index contributed by atoms with van der Waals surface area (Å²) < 4.78 is 5.25. The molecule has 5 nitrogen and oxygen atoms in total. The molecular weight excluding hydrogens is 240 g/mol. The fraction of sp³-hybridized carbons (Fsp3) is 0.357. The lowest BCUT2D eigenvalue weighted by Gasteiger charge is -2.26. The minimum Gasteiger partial charge on any atom is -0.497 e. The van der Waals surface area contributed by atoms with Gasteiger partial charge in [0.05, 0.1) is 12.8 Å². The number of ether oxygens (including phenoxy) is 1. The van der Waals surface area contributed by atoms with Crippen molar-refractivity contribution in [2.75, 3.05) is 38.2 Å². The Bertz CT molecular complexity index is 546. The molecule has 100 valence electrons. The van der Waals surface area contributed by atoms with Crippen LogP contribution in [0, 0.1) is 0 Å². The van der Waals surface area contributed by atoms with Crippen molar-refractivity contribution in [3.05, 3.63) is 30.3 Å². The molecule has 0 saturated carbocycles. The molecule has 2 aromatic rings. The minimum atomic E-state index is 0.857. The molecule has 0 atom stereocenters. The Morgan fingerprint density at radius 1 is 1.21 bits per heavy atom. The fourth-order valence-electron chi connectivity index (χ4n) is 2.31. The molecule has 0 aliphatic carbocycles. The van der Waals surface area contributed by atoms with E-state index < -0.39 is 0 Å². The van der Waals surface area contributed by atoms with Crippen molar-refractivity contribution in [3.63, 3.8) is 0 Å². The van der Waals surface area contributed by atoms with Gasteiger partial charge in [-0.15, -0.1) is 0 Å². The summed E-state index contributed by atoms with van der Waals surface area (Å²) in [6, 6.07) is 10.1. The van der Waals surface area contributed by atoms with Gasteiger partial charge in [-0.3, -0.25) is 5.10 Å². The predicted octanol–water partition coefficient (Wildman–Crippen LogP) is 1.49. The largest absolute Gasteiger partial charge is 0.497 e. The minimum absolute atomic E-state index is 0.857. The molecule has 0 bridgehead atoms. The first kappa shape index (κ1) is 12.0. The molecule has 2 heterocycles. The molecule has 1 aromatic carbocycles. The normalized spacial score (nSPS) is 15.5. The molecule has 5 heteroatoms. The van der Waals surface area contributed by atoms with Gasteiger partial charge in [-0.1, -0.05) is 12.1 Å². The number of piperazine rings is 1. The van der Waals surface area contributed by atoms with Crippen molar-refractivity contribution < 1.29 is 4.74 Å². The van der Waals surface area contributed by atoms with Gasteiger partial charge in [0.15, 0.2) is 5.82 Å². The van der Waals surface area contributed by atoms with Crippen LogP contribution in [-0.4, -0.2) is 43.5 Å². The summed E-state index contributed by atoms with van der Waals surface area (Å²) in [7, 11) is 1.68. The second-order valence-corrected chi connectivity index (χ2v) is 4.61. The summed E-state index contributed by atoms with van der Waals surface area (Å²) in [6.45, 7) is 4.04. The lowest BCUT2D eigenvalue weighted by atomic mass is 10.1. The maximum atomic E-state index is 5.25. The summed E-state index contributed by atoms with van der Waals surface area (Å²) in [4.78, 5) is 2.29. The molecule has 2 N–H and O–H groups in total. The van der Waals surface area contributed by atoms with E-state index in [1.54, 1.807) is 7.11 Å². The number of nitrogens with zero attached hydrogens (tertiary/aromatic N) is 2. The SMILES string of the molecule is COc1cccc(-c2cc(N3CCNCC3)n[nH]2)c1. The van der Waals surface area contributed by atoms with E-state index in [-0.39, 0.29) is 0 Å². The van der Waals surface area contributed by atoms with Crippen molar-refractivity contribution in [1.29, 1.82) is 0 Å². The number of nitrogens with one attached hydrogen (secondary N) is 2. The fourth-order valence-corrected chi connectivity index (χ4v) is 2.31. The number of anilines is 1. The number of hydrogen-bond donors (Lipinski definition) is 2. The molecule has 0 radical (unpaired) electrons. The van der Waals surface area contributed by atoms with Crippen LogP contribution in [0.25, 0.3) is 11.3 Å². The van der Waals surface area contributed by atoms with Crippen LogP contribution >= 0.6 is 0 Å². The number of methoxy groups -OCH3 is 1. The molecule has 1 saturated heterocycles. The first-order chi connectivity index (χ1) is 9.36. The molecule has 0 spiro atoms. The molecule has 0 amide bonds. The van der Waals surface area contributed by atoms with Crippen LogP contribution in [0.4, 0.5) is 5.82 Å². The molecule has 1 aliphatic rings. The highest BCUT2D eigenvalue weighted by molar-refractivity contribution is 5.64. The van der Waals surface area contributed by atoms with Crippen molar-refractivity contribution in [3.8, 4) is 17.0 Å². The van der Waals surface area contributed by atoms with Gasteiger partial charge in [-0.2, -0.15) is 5.10 Å². The van der Waals surface area contributed by atoms with Gasteiger partial charge in [0.2, 0.25) is 0 Å². The van der Waals surface area contributed by atoms with E-state index in [0.717, 1.165) is 49.0 Å². The summed E-state index contributed by atoms with van der Waals surface area (Å²) in [5.41, 5.74) is 2.11. The third kappa shape index (κ3) is 2.56. The highest BCUT2D eigenvalue weighted by Gasteiger charge is 2.14. The van der Waals surface area contributed by atoms with Gasteiger partial charge >= 0.3 is 0 Å². The van der Waals surface area contributed by atoms with E-state index in [9.17, 15) is 0 Å². The smallest absolute Gasteiger partial charge is 0.151 e. The Kier molecular flexibility index (Phi) is 3.37. The Hall–Kier alpha value is -2.01. The van der Waals surface area contributed by atoms with Gasteiger partial charge in [0.25, 0.3) is 0 Å². The number of aromatic amines is 1. The van der Waals surface area contributed by atoms with Gasteiger partial charge in [-0.25, -0.2) is 0 Å². The quantitative estimate of drug-likeness (QED) is 0.876. The van der Waals surface area contributed by atoms with Crippen LogP contribution in [0.15, 0.2) is 30.3 Å². The van der Waals surface area contributed by atoms with Gasteiger partial charge in [0.1, 0.15) is 5.75 Å². The molecule has 19 heavy (non-hydrogen) atoms. The second kappa shape index (κ2) is 5.32. The van der Waals surface area contributed by atoms with Crippen LogP contribution in [0.3, 0.4) is 0 Å². The van der Waals surface area contributed by atoms with E-state index in [4.69, 9.17) is 4.74 Å². The van der Waals surface area contributed by atoms with E-state index in [0.29, 0.717) is 0 Å². The first-order valence-corrected chi connectivity index (χ1v) is 6.52. The van der Waals surface area contributed by atoms with E-state index >= 15 is 0 Å². The molecule has 0 unspecified atom stereocenters. The van der Waals surface area contributed by atoms with Crippen molar-refractivity contribution in [2.24, 2.45) is 0 Å². The van der Waals surface area contributed by atoms with Gasteiger partial charge < -0.3 is 15.0 Å². The molecule has 1 fully saturated rings. The predicted molar refractivity (Wildman–Crippen MR) is 75.7 cm³/mol. The van der Waals surface area contributed by atoms with Crippen molar-refractivity contribution in [1.82, 2.24) is 15.5 Å². The van der Waals surface area contributed by atoms with Crippen LogP contribution in [0.5, 0.6) is 5.75 Å². The highest BCUT2D eigenvalue weighted by atomic mass is 16.5. The summed E-state index contributed by atoms with van der Waals surface area (Å²) in [5.74, 6) is 1.87. The summed E-state index contributed by atoms with van der Waals surface area (Å²) >= 11 is 0. The van der Waals surface area contributed by atoms with Crippen LogP contribution < -0.4 is 15.0 Å². The van der Waals surface area contributed by atoms with Crippen molar-refractivity contribution in [2.45, 2.75) is 0 Å². The molecule has 1 aromatic heterocycles.